The van der Waals surface area contributed by atoms with Gasteiger partial charge in [-0.1, -0.05) is 11.6 Å². The third kappa shape index (κ3) is 1.96. The molecular weight excluding hydrogens is 202 g/mol. The largest absolute Gasteiger partial charge is 0.377 e. The Balaban J connectivity index is 2.20. The van der Waals surface area contributed by atoms with Crippen LogP contribution in [0.2, 0.25) is 5.15 Å². The molecule has 2 heterocycles. The van der Waals surface area contributed by atoms with Gasteiger partial charge in [-0.3, -0.25) is 0 Å². The first-order valence-corrected chi connectivity index (χ1v) is 4.98. The molecule has 76 valence electrons. The van der Waals surface area contributed by atoms with Crippen LogP contribution in [0.4, 0.5) is 5.95 Å². The van der Waals surface area contributed by atoms with Crippen molar-refractivity contribution >= 4 is 17.5 Å². The van der Waals surface area contributed by atoms with Gasteiger partial charge in [0.25, 0.3) is 0 Å². The Morgan fingerprint density at radius 1 is 1.64 bits per heavy atom. The highest BCUT2D eigenvalue weighted by molar-refractivity contribution is 6.29. The minimum atomic E-state index is 0.308. The average Bonchev–Trinajstić information content (AvgIpc) is 2.18. The quantitative estimate of drug-likeness (QED) is 0.661. The standard InChI is InChI=1S/C9H12ClN3O/c1-7-6-14-5-4-13(7)9-11-3-2-8(10)12-9/h2-3,7H,4-6H2,1H3/t7-/m0/s1. The van der Waals surface area contributed by atoms with Crippen LogP contribution >= 0.6 is 11.6 Å². The zero-order valence-corrected chi connectivity index (χ0v) is 8.74. The van der Waals surface area contributed by atoms with Crippen molar-refractivity contribution in [2.45, 2.75) is 13.0 Å². The summed E-state index contributed by atoms with van der Waals surface area (Å²) in [5.74, 6) is 0.688. The molecule has 1 saturated heterocycles. The summed E-state index contributed by atoms with van der Waals surface area (Å²) in [5.41, 5.74) is 0. The monoisotopic (exact) mass is 213 g/mol. The molecule has 0 aliphatic carbocycles. The summed E-state index contributed by atoms with van der Waals surface area (Å²) in [6, 6.07) is 1.98. The van der Waals surface area contributed by atoms with Gasteiger partial charge in [0.2, 0.25) is 5.95 Å². The van der Waals surface area contributed by atoms with Crippen molar-refractivity contribution in [3.05, 3.63) is 17.4 Å². The molecule has 0 spiro atoms. The van der Waals surface area contributed by atoms with Crippen LogP contribution in [-0.2, 0) is 4.74 Å². The summed E-state index contributed by atoms with van der Waals surface area (Å²) in [7, 11) is 0. The van der Waals surface area contributed by atoms with Crippen LogP contribution in [0.15, 0.2) is 12.3 Å². The minimum Gasteiger partial charge on any atom is -0.377 e. The van der Waals surface area contributed by atoms with Crippen LogP contribution in [0.25, 0.3) is 0 Å². The van der Waals surface area contributed by atoms with Gasteiger partial charge in [0.15, 0.2) is 0 Å². The average molecular weight is 214 g/mol. The second-order valence-electron chi connectivity index (χ2n) is 3.30. The van der Waals surface area contributed by atoms with Gasteiger partial charge in [0, 0.05) is 12.7 Å². The number of rotatable bonds is 1. The number of hydrogen-bond acceptors (Lipinski definition) is 4. The molecule has 0 aromatic carbocycles. The zero-order chi connectivity index (χ0) is 9.97. The topological polar surface area (TPSA) is 38.2 Å². The second kappa shape index (κ2) is 4.11. The molecule has 1 aromatic heterocycles. The van der Waals surface area contributed by atoms with E-state index in [9.17, 15) is 0 Å². The Kier molecular flexibility index (Phi) is 2.84. The smallest absolute Gasteiger partial charge is 0.227 e. The molecule has 0 amide bonds. The maximum Gasteiger partial charge on any atom is 0.227 e. The van der Waals surface area contributed by atoms with Crippen molar-refractivity contribution in [3.63, 3.8) is 0 Å². The first-order valence-electron chi connectivity index (χ1n) is 4.60. The highest BCUT2D eigenvalue weighted by atomic mass is 35.5. The van der Waals surface area contributed by atoms with E-state index in [-0.39, 0.29) is 0 Å². The fraction of sp³-hybridized carbons (Fsp3) is 0.556. The third-order valence-corrected chi connectivity index (χ3v) is 2.44. The molecule has 1 atom stereocenters. The zero-order valence-electron chi connectivity index (χ0n) is 7.98. The number of halogens is 1. The van der Waals surface area contributed by atoms with E-state index < -0.39 is 0 Å². The van der Waals surface area contributed by atoms with Crippen LogP contribution in [0.1, 0.15) is 6.92 Å². The molecule has 14 heavy (non-hydrogen) atoms. The Morgan fingerprint density at radius 2 is 2.50 bits per heavy atom. The van der Waals surface area contributed by atoms with Gasteiger partial charge in [0.05, 0.1) is 19.3 Å². The summed E-state index contributed by atoms with van der Waals surface area (Å²) in [6.07, 6.45) is 1.67. The summed E-state index contributed by atoms with van der Waals surface area (Å²) in [5, 5.41) is 0.480. The van der Waals surface area contributed by atoms with Crippen molar-refractivity contribution in [3.8, 4) is 0 Å². The Hall–Kier alpha value is -0.870. The van der Waals surface area contributed by atoms with Crippen molar-refractivity contribution in [1.82, 2.24) is 9.97 Å². The van der Waals surface area contributed by atoms with Gasteiger partial charge in [-0.2, -0.15) is 0 Å². The lowest BCUT2D eigenvalue weighted by atomic mass is 10.3. The summed E-state index contributed by atoms with van der Waals surface area (Å²) >= 11 is 5.80. The molecule has 1 fully saturated rings. The maximum absolute atomic E-state index is 5.80. The van der Waals surface area contributed by atoms with Gasteiger partial charge in [-0.15, -0.1) is 0 Å². The van der Waals surface area contributed by atoms with Gasteiger partial charge >= 0.3 is 0 Å². The van der Waals surface area contributed by atoms with E-state index in [0.29, 0.717) is 17.1 Å². The van der Waals surface area contributed by atoms with Crippen molar-refractivity contribution < 1.29 is 4.74 Å². The molecule has 5 heteroatoms. The molecule has 1 aliphatic heterocycles. The molecule has 2 rings (SSSR count). The van der Waals surface area contributed by atoms with E-state index in [1.807, 2.05) is 0 Å². The van der Waals surface area contributed by atoms with Crippen molar-refractivity contribution in [1.29, 1.82) is 0 Å². The highest BCUT2D eigenvalue weighted by Crippen LogP contribution is 2.16. The summed E-state index contributed by atoms with van der Waals surface area (Å²) in [4.78, 5) is 10.5. The molecule has 0 bridgehead atoms. The van der Waals surface area contributed by atoms with E-state index in [4.69, 9.17) is 16.3 Å². The predicted octanol–water partition coefficient (Wildman–Crippen LogP) is 1.36. The van der Waals surface area contributed by atoms with E-state index in [0.717, 1.165) is 19.8 Å². The van der Waals surface area contributed by atoms with Crippen LogP contribution in [0.3, 0.4) is 0 Å². The number of nitrogens with zero attached hydrogens (tertiary/aromatic N) is 3. The van der Waals surface area contributed by atoms with E-state index >= 15 is 0 Å². The van der Waals surface area contributed by atoms with Gasteiger partial charge < -0.3 is 9.64 Å². The molecule has 0 unspecified atom stereocenters. The molecule has 1 aliphatic rings. The Labute approximate surface area is 87.9 Å². The number of ether oxygens (including phenoxy) is 1. The maximum atomic E-state index is 5.80. The highest BCUT2D eigenvalue weighted by Gasteiger charge is 2.20. The molecule has 1 aromatic rings. The Morgan fingerprint density at radius 3 is 3.21 bits per heavy atom. The van der Waals surface area contributed by atoms with Crippen LogP contribution < -0.4 is 4.90 Å². The first-order chi connectivity index (χ1) is 6.77. The number of morpholine rings is 1. The van der Waals surface area contributed by atoms with Gasteiger partial charge in [0.1, 0.15) is 5.15 Å². The lowest BCUT2D eigenvalue weighted by molar-refractivity contribution is 0.0981. The lowest BCUT2D eigenvalue weighted by Crippen LogP contribution is -2.44. The van der Waals surface area contributed by atoms with Crippen molar-refractivity contribution in [2.75, 3.05) is 24.7 Å². The first kappa shape index (κ1) is 9.68. The van der Waals surface area contributed by atoms with E-state index in [1.54, 1.807) is 12.3 Å². The molecule has 0 saturated carbocycles. The summed E-state index contributed by atoms with van der Waals surface area (Å²) in [6.45, 7) is 4.35. The number of aromatic nitrogens is 2. The predicted molar refractivity (Wildman–Crippen MR) is 54.7 cm³/mol. The molecule has 4 nitrogen and oxygen atoms in total. The molecule has 0 N–H and O–H groups in total. The number of hydrogen-bond donors (Lipinski definition) is 0. The fourth-order valence-corrected chi connectivity index (χ4v) is 1.62. The van der Waals surface area contributed by atoms with Crippen molar-refractivity contribution in [2.24, 2.45) is 0 Å². The van der Waals surface area contributed by atoms with Crippen LogP contribution in [-0.4, -0.2) is 35.8 Å². The third-order valence-electron chi connectivity index (χ3n) is 2.23. The Bertz CT molecular complexity index is 321. The number of anilines is 1. The SMILES string of the molecule is C[C@H]1COCCN1c1nccc(Cl)n1. The van der Waals surface area contributed by atoms with E-state index in [1.165, 1.54) is 0 Å². The summed E-state index contributed by atoms with van der Waals surface area (Å²) < 4.78 is 5.33. The lowest BCUT2D eigenvalue weighted by Gasteiger charge is -2.33. The van der Waals surface area contributed by atoms with Gasteiger partial charge in [-0.25, -0.2) is 9.97 Å². The molecular formula is C9H12ClN3O. The van der Waals surface area contributed by atoms with Gasteiger partial charge in [-0.05, 0) is 13.0 Å². The van der Waals surface area contributed by atoms with Crippen LogP contribution in [0, 0.1) is 0 Å². The normalized spacial score (nSPS) is 22.4. The molecule has 0 radical (unpaired) electrons. The van der Waals surface area contributed by atoms with E-state index in [2.05, 4.69) is 21.8 Å². The minimum absolute atomic E-state index is 0.308. The second-order valence-corrected chi connectivity index (χ2v) is 3.68. The van der Waals surface area contributed by atoms with Crippen LogP contribution in [0.5, 0.6) is 0 Å². The fourth-order valence-electron chi connectivity index (χ4n) is 1.49.